The van der Waals surface area contributed by atoms with Crippen LogP contribution in [-0.2, 0) is 12.3 Å². The molecule has 0 spiro atoms. The van der Waals surface area contributed by atoms with E-state index in [9.17, 15) is 9.59 Å². The van der Waals surface area contributed by atoms with Crippen LogP contribution in [0.1, 0.15) is 22.9 Å². The molecular formula is C24H21N5O2S2. The van der Waals surface area contributed by atoms with E-state index in [1.165, 1.54) is 27.8 Å². The van der Waals surface area contributed by atoms with Gasteiger partial charge in [0.15, 0.2) is 5.16 Å². The Balaban J connectivity index is 1.66. The van der Waals surface area contributed by atoms with Crippen LogP contribution in [0.4, 0.5) is 0 Å². The Kier molecular flexibility index (Phi) is 5.59. The molecule has 0 bridgehead atoms. The third-order valence-corrected chi connectivity index (χ3v) is 7.50. The zero-order chi connectivity index (χ0) is 23.1. The smallest absolute Gasteiger partial charge is 0.268 e. The van der Waals surface area contributed by atoms with E-state index in [1.54, 1.807) is 22.8 Å². The number of nitrogens with zero attached hydrogens (tertiary/aromatic N) is 5. The van der Waals surface area contributed by atoms with Gasteiger partial charge in [-0.25, -0.2) is 4.98 Å². The van der Waals surface area contributed by atoms with Gasteiger partial charge in [-0.2, -0.15) is 4.68 Å². The van der Waals surface area contributed by atoms with E-state index in [0.717, 1.165) is 32.9 Å². The van der Waals surface area contributed by atoms with E-state index in [1.807, 2.05) is 44.2 Å². The number of thiophene rings is 1. The highest BCUT2D eigenvalue weighted by Crippen LogP contribution is 2.31. The highest BCUT2D eigenvalue weighted by molar-refractivity contribution is 7.98. The van der Waals surface area contributed by atoms with Crippen molar-refractivity contribution < 1.29 is 0 Å². The fourth-order valence-electron chi connectivity index (χ4n) is 3.94. The van der Waals surface area contributed by atoms with Crippen LogP contribution in [0.5, 0.6) is 0 Å². The van der Waals surface area contributed by atoms with Crippen LogP contribution in [0, 0.1) is 13.8 Å². The third-order valence-electron chi connectivity index (χ3n) is 5.55. The van der Waals surface area contributed by atoms with Crippen LogP contribution in [-0.4, -0.2) is 24.5 Å². The predicted octanol–water partition coefficient (Wildman–Crippen LogP) is 4.48. The van der Waals surface area contributed by atoms with Crippen molar-refractivity contribution in [3.8, 4) is 5.69 Å². The zero-order valence-corrected chi connectivity index (χ0v) is 20.0. The normalized spacial score (nSPS) is 11.5. The lowest BCUT2D eigenvalue weighted by Crippen LogP contribution is -2.25. The lowest BCUT2D eigenvalue weighted by atomic mass is 10.1. The summed E-state index contributed by atoms with van der Waals surface area (Å²) in [5.74, 6) is 0.186. The number of rotatable bonds is 5. The number of thioether (sulfide) groups is 1. The van der Waals surface area contributed by atoms with Gasteiger partial charge in [-0.1, -0.05) is 48.2 Å². The van der Waals surface area contributed by atoms with Crippen molar-refractivity contribution in [1.29, 1.82) is 0 Å². The fraction of sp³-hybridized carbons (Fsp3) is 0.208. The van der Waals surface area contributed by atoms with E-state index >= 15 is 0 Å². The molecule has 0 aliphatic heterocycles. The third kappa shape index (κ3) is 3.77. The number of fused-ring (bicyclic) bond motifs is 2. The lowest BCUT2D eigenvalue weighted by molar-refractivity contribution is 0.642. The second-order valence-corrected chi connectivity index (χ2v) is 9.84. The van der Waals surface area contributed by atoms with Gasteiger partial charge < -0.3 is 0 Å². The summed E-state index contributed by atoms with van der Waals surface area (Å²) in [6, 6.07) is 14.9. The minimum Gasteiger partial charge on any atom is -0.268 e. The molecule has 0 atom stereocenters. The Morgan fingerprint density at radius 1 is 1.03 bits per heavy atom. The summed E-state index contributed by atoms with van der Waals surface area (Å²) in [5.41, 5.74) is 3.08. The monoisotopic (exact) mass is 475 g/mol. The molecule has 0 radical (unpaired) electrons. The van der Waals surface area contributed by atoms with Crippen LogP contribution in [0.15, 0.2) is 63.3 Å². The van der Waals surface area contributed by atoms with Gasteiger partial charge in [0.25, 0.3) is 11.1 Å². The summed E-state index contributed by atoms with van der Waals surface area (Å²) < 4.78 is 2.95. The van der Waals surface area contributed by atoms with Crippen LogP contribution in [0.25, 0.3) is 26.8 Å². The lowest BCUT2D eigenvalue weighted by Gasteiger charge is -2.13. The van der Waals surface area contributed by atoms with Gasteiger partial charge in [0, 0.05) is 4.88 Å². The highest BCUT2D eigenvalue weighted by atomic mass is 32.2. The predicted molar refractivity (Wildman–Crippen MR) is 134 cm³/mol. The summed E-state index contributed by atoms with van der Waals surface area (Å²) in [6.45, 7) is 6.07. The molecule has 0 aliphatic carbocycles. The van der Waals surface area contributed by atoms with Gasteiger partial charge in [-0.3, -0.25) is 14.2 Å². The van der Waals surface area contributed by atoms with Crippen molar-refractivity contribution in [2.24, 2.45) is 0 Å². The van der Waals surface area contributed by atoms with Gasteiger partial charge in [-0.05, 0) is 55.7 Å². The Labute approximate surface area is 197 Å². The molecule has 0 N–H and O–H groups in total. The van der Waals surface area contributed by atoms with Crippen LogP contribution < -0.4 is 11.1 Å². The zero-order valence-electron chi connectivity index (χ0n) is 18.4. The molecule has 166 valence electrons. The van der Waals surface area contributed by atoms with Crippen LogP contribution >= 0.6 is 23.1 Å². The summed E-state index contributed by atoms with van der Waals surface area (Å²) in [4.78, 5) is 33.3. The Morgan fingerprint density at radius 2 is 1.85 bits per heavy atom. The van der Waals surface area contributed by atoms with Crippen molar-refractivity contribution in [3.63, 3.8) is 0 Å². The molecule has 5 aromatic rings. The number of hydrogen-bond acceptors (Lipinski definition) is 7. The maximum Gasteiger partial charge on any atom is 0.278 e. The molecule has 9 heteroatoms. The van der Waals surface area contributed by atoms with Crippen molar-refractivity contribution in [1.82, 2.24) is 24.5 Å². The molecule has 33 heavy (non-hydrogen) atoms. The largest absolute Gasteiger partial charge is 0.278 e. The number of hydrogen-bond donors (Lipinski definition) is 0. The Bertz CT molecular complexity index is 1630. The minimum atomic E-state index is -0.223. The molecule has 7 nitrogen and oxygen atoms in total. The Morgan fingerprint density at radius 3 is 2.64 bits per heavy atom. The molecule has 3 aromatic heterocycles. The first-order valence-corrected chi connectivity index (χ1v) is 12.4. The van der Waals surface area contributed by atoms with Crippen molar-refractivity contribution >= 4 is 44.2 Å². The molecule has 0 aliphatic rings. The maximum atomic E-state index is 13.7. The van der Waals surface area contributed by atoms with E-state index < -0.39 is 0 Å². The summed E-state index contributed by atoms with van der Waals surface area (Å²) in [7, 11) is 0. The van der Waals surface area contributed by atoms with Crippen LogP contribution in [0.2, 0.25) is 0 Å². The SMILES string of the molecule is CCc1c(C)sc2nc(SCn3nnc4ccccc4c3=O)n(-c3cccc(C)c3)c(=O)c12. The van der Waals surface area contributed by atoms with Gasteiger partial charge in [-0.15, -0.1) is 16.4 Å². The molecule has 0 amide bonds. The minimum absolute atomic E-state index is 0.0914. The number of aromatic nitrogens is 5. The molecule has 0 saturated heterocycles. The van der Waals surface area contributed by atoms with E-state index in [-0.39, 0.29) is 17.0 Å². The Hall–Kier alpha value is -3.30. The topological polar surface area (TPSA) is 82.7 Å². The first-order valence-electron chi connectivity index (χ1n) is 10.6. The van der Waals surface area contributed by atoms with Gasteiger partial charge in [0.1, 0.15) is 10.3 Å². The quantitative estimate of drug-likeness (QED) is 0.275. The van der Waals surface area contributed by atoms with Gasteiger partial charge >= 0.3 is 0 Å². The fourth-order valence-corrected chi connectivity index (χ4v) is 5.98. The summed E-state index contributed by atoms with van der Waals surface area (Å²) >= 11 is 2.83. The number of aryl methyl sites for hydroxylation is 3. The molecule has 0 unspecified atom stereocenters. The highest BCUT2D eigenvalue weighted by Gasteiger charge is 2.19. The average molecular weight is 476 g/mol. The molecular weight excluding hydrogens is 454 g/mol. The van der Waals surface area contributed by atoms with E-state index in [0.29, 0.717) is 21.4 Å². The van der Waals surface area contributed by atoms with Gasteiger partial charge in [0.2, 0.25) is 0 Å². The first-order chi connectivity index (χ1) is 16.0. The van der Waals surface area contributed by atoms with Gasteiger partial charge in [0.05, 0.1) is 22.3 Å². The first kappa shape index (κ1) is 21.5. The molecule has 3 heterocycles. The molecule has 0 fully saturated rings. The summed E-state index contributed by atoms with van der Waals surface area (Å²) in [6.07, 6.45) is 0.769. The second-order valence-electron chi connectivity index (χ2n) is 7.73. The number of benzene rings is 2. The maximum absolute atomic E-state index is 13.7. The molecule has 0 saturated carbocycles. The van der Waals surface area contributed by atoms with Crippen LogP contribution in [0.3, 0.4) is 0 Å². The standard InChI is InChI=1S/C24H21N5O2S2/c1-4-17-15(3)33-21-20(17)23(31)29(16-9-7-8-14(2)12-16)24(25-21)32-13-28-22(30)18-10-5-6-11-19(18)26-27-28/h5-12H,4,13H2,1-3H3. The average Bonchev–Trinajstić information content (AvgIpc) is 3.14. The van der Waals surface area contributed by atoms with Crippen molar-refractivity contribution in [3.05, 3.63) is 85.2 Å². The second kappa shape index (κ2) is 8.57. The molecule has 5 rings (SSSR count). The van der Waals surface area contributed by atoms with Crippen molar-refractivity contribution in [2.75, 3.05) is 0 Å². The van der Waals surface area contributed by atoms with E-state index in [2.05, 4.69) is 17.2 Å². The van der Waals surface area contributed by atoms with E-state index in [4.69, 9.17) is 4.98 Å². The van der Waals surface area contributed by atoms with Crippen molar-refractivity contribution in [2.45, 2.75) is 38.2 Å². The summed E-state index contributed by atoms with van der Waals surface area (Å²) in [5, 5.41) is 9.93. The molecule has 2 aromatic carbocycles.